The SMILES string of the molecule is CCCC[C@H](NC(=O)c1cc2ccccc2n1C)C(=O)N[C@H]1CCC[C@H]1c1noc(=O)[nH]1. The van der Waals surface area contributed by atoms with Crippen molar-refractivity contribution >= 4 is 22.7 Å². The molecule has 3 aromatic rings. The van der Waals surface area contributed by atoms with Crippen LogP contribution in [0.15, 0.2) is 39.6 Å². The van der Waals surface area contributed by atoms with Gasteiger partial charge in [-0.25, -0.2) is 4.79 Å². The highest BCUT2D eigenvalue weighted by Crippen LogP contribution is 2.32. The molecule has 2 amide bonds. The Morgan fingerprint density at radius 2 is 2.12 bits per heavy atom. The second-order valence-electron chi connectivity index (χ2n) is 8.45. The fraction of sp³-hybridized carbons (Fsp3) is 0.478. The van der Waals surface area contributed by atoms with Crippen LogP contribution < -0.4 is 16.4 Å². The zero-order chi connectivity index (χ0) is 22.7. The molecule has 2 heterocycles. The Hall–Kier alpha value is -3.36. The van der Waals surface area contributed by atoms with Gasteiger partial charge in [0.15, 0.2) is 5.82 Å². The molecule has 0 spiro atoms. The van der Waals surface area contributed by atoms with E-state index in [1.807, 2.05) is 41.9 Å². The minimum atomic E-state index is -0.641. The maximum Gasteiger partial charge on any atom is 0.438 e. The number of rotatable bonds is 8. The molecule has 4 rings (SSSR count). The van der Waals surface area contributed by atoms with Crippen molar-refractivity contribution in [2.45, 2.75) is 63.5 Å². The van der Waals surface area contributed by atoms with Crippen LogP contribution in [0.2, 0.25) is 0 Å². The molecular formula is C23H29N5O4. The molecule has 0 aliphatic heterocycles. The van der Waals surface area contributed by atoms with Gasteiger partial charge in [-0.3, -0.25) is 19.1 Å². The second kappa shape index (κ2) is 9.42. The van der Waals surface area contributed by atoms with Crippen LogP contribution in [0.1, 0.15) is 67.7 Å². The number of aromatic nitrogens is 3. The fourth-order valence-electron chi connectivity index (χ4n) is 4.56. The highest BCUT2D eigenvalue weighted by atomic mass is 16.5. The van der Waals surface area contributed by atoms with Gasteiger partial charge < -0.3 is 15.2 Å². The summed E-state index contributed by atoms with van der Waals surface area (Å²) in [4.78, 5) is 40.2. The van der Waals surface area contributed by atoms with Gasteiger partial charge in [-0.2, -0.15) is 0 Å². The predicted molar refractivity (Wildman–Crippen MR) is 119 cm³/mol. The maximum atomic E-state index is 13.2. The molecule has 1 aliphatic rings. The Morgan fingerprint density at radius 3 is 2.84 bits per heavy atom. The number of fused-ring (bicyclic) bond motifs is 1. The van der Waals surface area contributed by atoms with E-state index in [0.29, 0.717) is 17.9 Å². The molecule has 2 aromatic heterocycles. The van der Waals surface area contributed by atoms with Crippen molar-refractivity contribution in [3.63, 3.8) is 0 Å². The minimum absolute atomic E-state index is 0.105. The van der Waals surface area contributed by atoms with Gasteiger partial charge in [0, 0.05) is 29.9 Å². The predicted octanol–water partition coefficient (Wildman–Crippen LogP) is 2.60. The number of unbranched alkanes of at least 4 members (excludes halogenated alkanes) is 1. The third kappa shape index (κ3) is 4.46. The molecule has 1 saturated carbocycles. The average molecular weight is 440 g/mol. The van der Waals surface area contributed by atoms with Crippen molar-refractivity contribution in [2.75, 3.05) is 0 Å². The molecule has 170 valence electrons. The first-order chi connectivity index (χ1) is 15.5. The van der Waals surface area contributed by atoms with Gasteiger partial charge in [0.1, 0.15) is 11.7 Å². The molecule has 0 unspecified atom stereocenters. The van der Waals surface area contributed by atoms with Crippen LogP contribution >= 0.6 is 0 Å². The summed E-state index contributed by atoms with van der Waals surface area (Å²) in [5.41, 5.74) is 1.47. The van der Waals surface area contributed by atoms with Gasteiger partial charge in [0.25, 0.3) is 5.91 Å². The molecule has 32 heavy (non-hydrogen) atoms. The van der Waals surface area contributed by atoms with Crippen LogP contribution in [0.25, 0.3) is 10.9 Å². The maximum absolute atomic E-state index is 13.2. The lowest BCUT2D eigenvalue weighted by atomic mass is 10.0. The Labute approximate surface area is 185 Å². The van der Waals surface area contributed by atoms with E-state index in [0.717, 1.165) is 43.0 Å². The normalized spacial score (nSPS) is 19.2. The molecule has 0 bridgehead atoms. The first-order valence-electron chi connectivity index (χ1n) is 11.2. The summed E-state index contributed by atoms with van der Waals surface area (Å²) in [6.45, 7) is 2.05. The highest BCUT2D eigenvalue weighted by Gasteiger charge is 2.34. The topological polar surface area (TPSA) is 122 Å². The molecule has 3 atom stereocenters. The minimum Gasteiger partial charge on any atom is -0.351 e. The first-order valence-corrected chi connectivity index (χ1v) is 11.2. The number of hydrogen-bond donors (Lipinski definition) is 3. The largest absolute Gasteiger partial charge is 0.438 e. The number of carbonyl (C=O) groups is 2. The number of amides is 2. The molecule has 3 N–H and O–H groups in total. The van der Waals surface area contributed by atoms with Gasteiger partial charge in [-0.05, 0) is 31.4 Å². The number of H-pyrrole nitrogens is 1. The van der Waals surface area contributed by atoms with Crippen molar-refractivity contribution in [3.8, 4) is 0 Å². The fourth-order valence-corrected chi connectivity index (χ4v) is 4.56. The second-order valence-corrected chi connectivity index (χ2v) is 8.45. The summed E-state index contributed by atoms with van der Waals surface area (Å²) in [5, 5.41) is 10.8. The summed E-state index contributed by atoms with van der Waals surface area (Å²) < 4.78 is 6.48. The number of nitrogens with one attached hydrogen (secondary N) is 3. The van der Waals surface area contributed by atoms with Crippen LogP contribution in [-0.4, -0.2) is 38.6 Å². The zero-order valence-corrected chi connectivity index (χ0v) is 18.4. The summed E-state index contributed by atoms with van der Waals surface area (Å²) in [5.74, 6) is -0.731. The van der Waals surface area contributed by atoms with Crippen molar-refractivity contribution in [1.29, 1.82) is 0 Å². The molecular weight excluding hydrogens is 410 g/mol. The van der Waals surface area contributed by atoms with Crippen molar-refractivity contribution in [3.05, 3.63) is 52.4 Å². The number of benzene rings is 1. The van der Waals surface area contributed by atoms with E-state index in [4.69, 9.17) is 0 Å². The average Bonchev–Trinajstić information content (AvgIpc) is 3.50. The molecule has 0 saturated heterocycles. The van der Waals surface area contributed by atoms with E-state index in [2.05, 4.69) is 32.2 Å². The lowest BCUT2D eigenvalue weighted by Gasteiger charge is -2.23. The molecule has 1 aliphatic carbocycles. The van der Waals surface area contributed by atoms with Crippen LogP contribution in [0.5, 0.6) is 0 Å². The third-order valence-corrected chi connectivity index (χ3v) is 6.30. The van der Waals surface area contributed by atoms with Crippen molar-refractivity contribution < 1.29 is 14.1 Å². The Balaban J connectivity index is 1.48. The summed E-state index contributed by atoms with van der Waals surface area (Å²) in [6.07, 6.45) is 4.78. The van der Waals surface area contributed by atoms with Gasteiger partial charge >= 0.3 is 5.76 Å². The quantitative estimate of drug-likeness (QED) is 0.498. The number of aryl methyl sites for hydroxylation is 1. The van der Waals surface area contributed by atoms with Crippen molar-refractivity contribution in [1.82, 2.24) is 25.3 Å². The van der Waals surface area contributed by atoms with Crippen LogP contribution in [0.3, 0.4) is 0 Å². The lowest BCUT2D eigenvalue weighted by molar-refractivity contribution is -0.124. The lowest BCUT2D eigenvalue weighted by Crippen LogP contribution is -2.50. The number of para-hydroxylation sites is 1. The number of aromatic amines is 1. The Bertz CT molecular complexity index is 1160. The van der Waals surface area contributed by atoms with Gasteiger partial charge in [-0.15, -0.1) is 0 Å². The van der Waals surface area contributed by atoms with Crippen LogP contribution in [-0.2, 0) is 11.8 Å². The smallest absolute Gasteiger partial charge is 0.351 e. The van der Waals surface area contributed by atoms with E-state index >= 15 is 0 Å². The van der Waals surface area contributed by atoms with Crippen molar-refractivity contribution in [2.24, 2.45) is 7.05 Å². The Kier molecular flexibility index (Phi) is 6.43. The van der Waals surface area contributed by atoms with E-state index in [-0.39, 0.29) is 23.8 Å². The van der Waals surface area contributed by atoms with Crippen LogP contribution in [0, 0.1) is 0 Å². The van der Waals surface area contributed by atoms with Crippen LogP contribution in [0.4, 0.5) is 0 Å². The van der Waals surface area contributed by atoms with E-state index in [9.17, 15) is 14.4 Å². The van der Waals surface area contributed by atoms with E-state index in [1.54, 1.807) is 0 Å². The number of carbonyl (C=O) groups excluding carboxylic acids is 2. The first kappa shape index (κ1) is 21.9. The standard InChI is InChI=1S/C23H29N5O4/c1-3-4-10-17(25-22(30)19-13-14-8-5-6-12-18(14)28(19)2)21(29)24-16-11-7-9-15(16)20-26-23(31)32-27-20/h5-6,8,12-13,15-17H,3-4,7,9-11H2,1-2H3,(H,24,29)(H,25,30)(H,26,27,31)/t15-,16+,17+/m1/s1. The van der Waals surface area contributed by atoms with Gasteiger partial charge in [-0.1, -0.05) is 49.5 Å². The highest BCUT2D eigenvalue weighted by molar-refractivity contribution is 6.00. The molecule has 0 radical (unpaired) electrons. The summed E-state index contributed by atoms with van der Waals surface area (Å²) >= 11 is 0. The summed E-state index contributed by atoms with van der Waals surface area (Å²) in [6, 6.07) is 8.82. The molecule has 1 fully saturated rings. The molecule has 9 nitrogen and oxygen atoms in total. The zero-order valence-electron chi connectivity index (χ0n) is 18.4. The van der Waals surface area contributed by atoms with Gasteiger partial charge in [0.05, 0.1) is 0 Å². The number of nitrogens with zero attached hydrogens (tertiary/aromatic N) is 2. The molecule has 1 aromatic carbocycles. The van der Waals surface area contributed by atoms with Gasteiger partial charge in [0.2, 0.25) is 5.91 Å². The third-order valence-electron chi connectivity index (χ3n) is 6.30. The summed E-state index contributed by atoms with van der Waals surface area (Å²) in [7, 11) is 1.85. The van der Waals surface area contributed by atoms with E-state index in [1.165, 1.54) is 0 Å². The number of hydrogen-bond acceptors (Lipinski definition) is 5. The molecule has 9 heteroatoms. The Morgan fingerprint density at radius 1 is 1.31 bits per heavy atom. The van der Waals surface area contributed by atoms with E-state index < -0.39 is 11.8 Å². The monoisotopic (exact) mass is 439 g/mol.